The maximum atomic E-state index is 12.7. The van der Waals surface area contributed by atoms with E-state index in [1.807, 2.05) is 13.0 Å². The molecule has 0 saturated heterocycles. The maximum Gasteiger partial charge on any atom is 0.334 e. The Morgan fingerprint density at radius 1 is 1.27 bits per heavy atom. The highest BCUT2D eigenvalue weighted by molar-refractivity contribution is 5.89. The smallest absolute Gasteiger partial charge is 0.334 e. The molecule has 26 heavy (non-hydrogen) atoms. The van der Waals surface area contributed by atoms with Crippen LogP contribution in [0.3, 0.4) is 0 Å². The Balaban J connectivity index is 2.38. The first kappa shape index (κ1) is 20.5. The second-order valence-electron chi connectivity index (χ2n) is 8.02. The van der Waals surface area contributed by atoms with Gasteiger partial charge in [0.05, 0.1) is 0 Å². The Morgan fingerprint density at radius 2 is 2.00 bits per heavy atom. The van der Waals surface area contributed by atoms with Gasteiger partial charge in [-0.25, -0.2) is 4.79 Å². The fourth-order valence-corrected chi connectivity index (χ4v) is 3.60. The van der Waals surface area contributed by atoms with Crippen molar-refractivity contribution in [1.29, 1.82) is 0 Å². The van der Waals surface area contributed by atoms with Crippen LogP contribution >= 0.6 is 0 Å². The lowest BCUT2D eigenvalue weighted by molar-refractivity contribution is -0.181. The first-order chi connectivity index (χ1) is 12.2. The molecule has 0 aromatic heterocycles. The summed E-state index contributed by atoms with van der Waals surface area (Å²) in [6.45, 7) is 9.76. The van der Waals surface area contributed by atoms with Crippen LogP contribution in [-0.4, -0.2) is 23.6 Å². The van der Waals surface area contributed by atoms with Crippen LogP contribution in [0.15, 0.2) is 34.9 Å². The minimum atomic E-state index is -0.788. The van der Waals surface area contributed by atoms with Crippen LogP contribution in [0.25, 0.3) is 0 Å². The molecule has 144 valence electrons. The molecule has 2 rings (SSSR count). The predicted molar refractivity (Wildman–Crippen MR) is 103 cm³/mol. The molecule has 1 unspecified atom stereocenters. The van der Waals surface area contributed by atoms with Gasteiger partial charge in [-0.1, -0.05) is 43.2 Å². The summed E-state index contributed by atoms with van der Waals surface area (Å²) in [5.41, 5.74) is 2.52. The third-order valence-corrected chi connectivity index (χ3v) is 5.42. The van der Waals surface area contributed by atoms with Gasteiger partial charge in [0.1, 0.15) is 11.7 Å². The predicted octanol–water partition coefficient (Wildman–Crippen LogP) is 5.04. The van der Waals surface area contributed by atoms with Gasteiger partial charge in [-0.05, 0) is 58.3 Å². The first-order valence-electron chi connectivity index (χ1n) is 9.67. The zero-order valence-electron chi connectivity index (χ0n) is 16.8. The molecule has 4 nitrogen and oxygen atoms in total. The summed E-state index contributed by atoms with van der Waals surface area (Å²) in [5, 5.41) is 0. The van der Waals surface area contributed by atoms with Crippen LogP contribution in [-0.2, 0) is 19.1 Å². The van der Waals surface area contributed by atoms with E-state index < -0.39 is 11.7 Å². The second-order valence-corrected chi connectivity index (χ2v) is 8.02. The number of hydrogen-bond donors (Lipinski definition) is 0. The lowest BCUT2D eigenvalue weighted by Gasteiger charge is -2.35. The van der Waals surface area contributed by atoms with Crippen LogP contribution < -0.4 is 0 Å². The van der Waals surface area contributed by atoms with Crippen LogP contribution in [0.1, 0.15) is 73.1 Å². The van der Waals surface area contributed by atoms with Gasteiger partial charge in [0.25, 0.3) is 0 Å². The zero-order chi connectivity index (χ0) is 19.3. The van der Waals surface area contributed by atoms with E-state index >= 15 is 0 Å². The highest BCUT2D eigenvalue weighted by Crippen LogP contribution is 2.34. The number of carbonyl (C=O) groups is 2. The Hall–Kier alpha value is -1.84. The Kier molecular flexibility index (Phi) is 6.85. The van der Waals surface area contributed by atoms with Gasteiger partial charge in [0.2, 0.25) is 0 Å². The van der Waals surface area contributed by atoms with E-state index in [1.54, 1.807) is 0 Å². The Bertz CT molecular complexity index is 639. The number of hydrogen-bond acceptors (Lipinski definition) is 4. The first-order valence-corrected chi connectivity index (χ1v) is 9.67. The van der Waals surface area contributed by atoms with Crippen molar-refractivity contribution in [3.8, 4) is 0 Å². The molecular weight excluding hydrogens is 328 g/mol. The SMILES string of the molecule is CC(=O)O[C@@H]1CC/C(C)=C\C=C(C(C)C)CCC2=CCCC1(C)OC2=O. The Labute approximate surface area is 157 Å². The average molecular weight is 360 g/mol. The molecule has 0 aromatic rings. The fraction of sp³-hybridized carbons (Fsp3) is 0.636. The molecule has 2 atom stereocenters. The quantitative estimate of drug-likeness (QED) is 0.647. The molecule has 0 amide bonds. The second kappa shape index (κ2) is 8.70. The van der Waals surface area contributed by atoms with Crippen molar-refractivity contribution in [2.24, 2.45) is 5.92 Å². The van der Waals surface area contributed by atoms with Gasteiger partial charge in [-0.3, -0.25) is 4.79 Å². The maximum absolute atomic E-state index is 12.7. The fourth-order valence-electron chi connectivity index (χ4n) is 3.60. The molecule has 2 aliphatic rings. The van der Waals surface area contributed by atoms with Crippen LogP contribution in [0, 0.1) is 5.92 Å². The summed E-state index contributed by atoms with van der Waals surface area (Å²) in [7, 11) is 0. The van der Waals surface area contributed by atoms with Crippen molar-refractivity contribution in [2.45, 2.75) is 84.8 Å². The minimum absolute atomic E-state index is 0.269. The molecule has 2 aliphatic heterocycles. The summed E-state index contributed by atoms with van der Waals surface area (Å²) in [4.78, 5) is 24.3. The highest BCUT2D eigenvalue weighted by Gasteiger charge is 2.41. The number of rotatable bonds is 2. The molecule has 0 radical (unpaired) electrons. The van der Waals surface area contributed by atoms with Crippen LogP contribution in [0.4, 0.5) is 0 Å². The molecule has 0 aromatic carbocycles. The molecule has 2 heterocycles. The lowest BCUT2D eigenvalue weighted by Crippen LogP contribution is -2.45. The van der Waals surface area contributed by atoms with E-state index in [4.69, 9.17) is 9.47 Å². The van der Waals surface area contributed by atoms with Gasteiger partial charge >= 0.3 is 11.9 Å². The van der Waals surface area contributed by atoms with Crippen molar-refractivity contribution < 1.29 is 19.1 Å². The van der Waals surface area contributed by atoms with Gasteiger partial charge < -0.3 is 9.47 Å². The summed E-state index contributed by atoms with van der Waals surface area (Å²) in [6, 6.07) is 0. The van der Waals surface area contributed by atoms with E-state index in [0.29, 0.717) is 25.2 Å². The third kappa shape index (κ3) is 5.33. The average Bonchev–Trinajstić information content (AvgIpc) is 2.68. The topological polar surface area (TPSA) is 52.6 Å². The van der Waals surface area contributed by atoms with E-state index in [1.165, 1.54) is 18.1 Å². The van der Waals surface area contributed by atoms with E-state index in [9.17, 15) is 9.59 Å². The van der Waals surface area contributed by atoms with Crippen molar-refractivity contribution in [1.82, 2.24) is 0 Å². The number of esters is 2. The number of allylic oxidation sites excluding steroid dienone is 5. The molecule has 2 bridgehead atoms. The zero-order valence-corrected chi connectivity index (χ0v) is 16.8. The third-order valence-electron chi connectivity index (χ3n) is 5.42. The molecule has 0 spiro atoms. The van der Waals surface area contributed by atoms with Crippen molar-refractivity contribution in [3.63, 3.8) is 0 Å². The van der Waals surface area contributed by atoms with E-state index in [2.05, 4.69) is 32.9 Å². The molecule has 0 aliphatic carbocycles. The molecule has 0 fully saturated rings. The summed E-state index contributed by atoms with van der Waals surface area (Å²) in [5.74, 6) is -0.169. The van der Waals surface area contributed by atoms with Crippen LogP contribution in [0.5, 0.6) is 0 Å². The van der Waals surface area contributed by atoms with Crippen molar-refractivity contribution in [3.05, 3.63) is 34.9 Å². The highest BCUT2D eigenvalue weighted by atomic mass is 16.6. The summed E-state index contributed by atoms with van der Waals surface area (Å²) < 4.78 is 11.5. The molecule has 4 heteroatoms. The lowest BCUT2D eigenvalue weighted by atomic mass is 9.88. The minimum Gasteiger partial charge on any atom is -0.458 e. The van der Waals surface area contributed by atoms with Gasteiger partial charge in [0.15, 0.2) is 0 Å². The summed E-state index contributed by atoms with van der Waals surface area (Å²) >= 11 is 0. The largest absolute Gasteiger partial charge is 0.458 e. The number of ether oxygens (including phenoxy) is 2. The molecular formula is C22H32O4. The molecule has 0 saturated carbocycles. The van der Waals surface area contributed by atoms with Gasteiger partial charge in [-0.15, -0.1) is 0 Å². The van der Waals surface area contributed by atoms with Gasteiger partial charge in [0, 0.05) is 12.5 Å². The normalized spacial score (nSPS) is 29.8. The van der Waals surface area contributed by atoms with Gasteiger partial charge in [-0.2, -0.15) is 0 Å². The monoisotopic (exact) mass is 360 g/mol. The molecule has 0 N–H and O–H groups in total. The number of carbonyl (C=O) groups excluding carboxylic acids is 2. The number of fused-ring (bicyclic) bond motifs is 3. The van der Waals surface area contributed by atoms with Crippen LogP contribution in [0.2, 0.25) is 0 Å². The standard InChI is InChI=1S/C22H32O4/c1-15(2)18-10-8-16(3)9-13-20(25-17(4)23)22(5)14-6-7-19(12-11-18)21(24)26-22/h7-8,10,15,20H,6,9,11-14H2,1-5H3/b16-8-,18-10?/t20-,22?/m1/s1. The van der Waals surface area contributed by atoms with E-state index in [-0.39, 0.29) is 11.9 Å². The van der Waals surface area contributed by atoms with E-state index in [0.717, 1.165) is 24.8 Å². The van der Waals surface area contributed by atoms with Crippen molar-refractivity contribution in [2.75, 3.05) is 0 Å². The Morgan fingerprint density at radius 3 is 2.65 bits per heavy atom. The van der Waals surface area contributed by atoms with Crippen molar-refractivity contribution >= 4 is 11.9 Å². The summed E-state index contributed by atoms with van der Waals surface area (Å²) in [6.07, 6.45) is 10.3.